The summed E-state index contributed by atoms with van der Waals surface area (Å²) in [7, 11) is 0. The maximum Gasteiger partial charge on any atom is 0.251 e. The lowest BCUT2D eigenvalue weighted by Crippen LogP contribution is -2.22. The molecule has 3 heteroatoms. The zero-order valence-corrected chi connectivity index (χ0v) is 11.3. The van der Waals surface area contributed by atoms with Crippen molar-refractivity contribution in [1.82, 2.24) is 5.32 Å². The summed E-state index contributed by atoms with van der Waals surface area (Å²) in [5, 5.41) is 2.89. The van der Waals surface area contributed by atoms with Gasteiger partial charge in [0.05, 0.1) is 0 Å². The maximum absolute atomic E-state index is 11.8. The fourth-order valence-corrected chi connectivity index (χ4v) is 1.84. The van der Waals surface area contributed by atoms with Crippen LogP contribution in [0.15, 0.2) is 54.6 Å². The molecule has 86 valence electrons. The molecule has 0 fully saturated rings. The Morgan fingerprint density at radius 3 is 2.29 bits per heavy atom. The van der Waals surface area contributed by atoms with Gasteiger partial charge >= 0.3 is 0 Å². The van der Waals surface area contributed by atoms with Gasteiger partial charge in [0.2, 0.25) is 0 Å². The number of hydrogen-bond acceptors (Lipinski definition) is 1. The Morgan fingerprint density at radius 2 is 1.65 bits per heavy atom. The van der Waals surface area contributed by atoms with Crippen LogP contribution in [0.3, 0.4) is 0 Å². The predicted molar refractivity (Wildman–Crippen MR) is 76.8 cm³/mol. The largest absolute Gasteiger partial charge is 0.348 e. The van der Waals surface area contributed by atoms with Gasteiger partial charge in [-0.3, -0.25) is 4.79 Å². The summed E-state index contributed by atoms with van der Waals surface area (Å²) in [6.45, 7) is 0.561. The van der Waals surface area contributed by atoms with Gasteiger partial charge in [0.1, 0.15) is 0 Å². The van der Waals surface area contributed by atoms with Crippen molar-refractivity contribution in [2.75, 3.05) is 0 Å². The molecule has 0 aliphatic heterocycles. The highest BCUT2D eigenvalue weighted by Crippen LogP contribution is 2.07. The number of nitrogens with one attached hydrogen (secondary N) is 1. The zero-order chi connectivity index (χ0) is 12.1. The van der Waals surface area contributed by atoms with E-state index in [2.05, 4.69) is 27.9 Å². The predicted octanol–water partition coefficient (Wildman–Crippen LogP) is 3.22. The molecule has 2 aromatic carbocycles. The first kappa shape index (κ1) is 12.1. The van der Waals surface area contributed by atoms with Crippen molar-refractivity contribution in [3.8, 4) is 0 Å². The number of amides is 1. The molecule has 0 saturated carbocycles. The lowest BCUT2D eigenvalue weighted by atomic mass is 10.2. The van der Waals surface area contributed by atoms with Crippen molar-refractivity contribution in [2.24, 2.45) is 0 Å². The third-order valence-corrected chi connectivity index (χ3v) is 3.12. The smallest absolute Gasteiger partial charge is 0.251 e. The van der Waals surface area contributed by atoms with Crippen LogP contribution >= 0.6 is 22.6 Å². The van der Waals surface area contributed by atoms with Gasteiger partial charge in [0, 0.05) is 15.7 Å². The number of benzene rings is 2. The first-order chi connectivity index (χ1) is 8.25. The van der Waals surface area contributed by atoms with Crippen LogP contribution in [-0.4, -0.2) is 5.91 Å². The molecule has 0 spiro atoms. The highest BCUT2D eigenvalue weighted by molar-refractivity contribution is 14.1. The second kappa shape index (κ2) is 5.82. The molecule has 0 aliphatic rings. The highest BCUT2D eigenvalue weighted by atomic mass is 127. The van der Waals surface area contributed by atoms with E-state index < -0.39 is 0 Å². The Labute approximate surface area is 114 Å². The molecule has 0 unspecified atom stereocenters. The third-order valence-electron chi connectivity index (χ3n) is 2.40. The normalized spacial score (nSPS) is 9.94. The van der Waals surface area contributed by atoms with E-state index in [9.17, 15) is 4.79 Å². The molecule has 1 amide bonds. The standard InChI is InChI=1S/C14H12INO/c15-13-8-6-12(7-9-13)14(17)16-10-11-4-2-1-3-5-11/h1-9H,10H2,(H,16,17). The van der Waals surface area contributed by atoms with Crippen molar-refractivity contribution in [1.29, 1.82) is 0 Å². The number of carbonyl (C=O) groups is 1. The molecule has 2 aromatic rings. The molecule has 0 atom stereocenters. The molecule has 2 rings (SSSR count). The van der Waals surface area contributed by atoms with E-state index >= 15 is 0 Å². The van der Waals surface area contributed by atoms with Gasteiger partial charge in [-0.15, -0.1) is 0 Å². The summed E-state index contributed by atoms with van der Waals surface area (Å²) >= 11 is 2.22. The molecule has 0 aromatic heterocycles. The molecule has 0 heterocycles. The van der Waals surface area contributed by atoms with E-state index in [1.165, 1.54) is 0 Å². The average Bonchev–Trinajstić information content (AvgIpc) is 2.38. The summed E-state index contributed by atoms with van der Waals surface area (Å²) in [5.41, 5.74) is 1.80. The van der Waals surface area contributed by atoms with Gasteiger partial charge in [0.15, 0.2) is 0 Å². The second-order valence-electron chi connectivity index (χ2n) is 3.68. The van der Waals surface area contributed by atoms with Gasteiger partial charge in [-0.05, 0) is 52.4 Å². The average molecular weight is 337 g/mol. The van der Waals surface area contributed by atoms with Crippen LogP contribution in [0.5, 0.6) is 0 Å². The second-order valence-corrected chi connectivity index (χ2v) is 4.92. The van der Waals surface area contributed by atoms with E-state index in [0.717, 1.165) is 9.13 Å². The molecule has 1 N–H and O–H groups in total. The third kappa shape index (κ3) is 3.56. The highest BCUT2D eigenvalue weighted by Gasteiger charge is 2.04. The van der Waals surface area contributed by atoms with Crippen molar-refractivity contribution < 1.29 is 4.79 Å². The van der Waals surface area contributed by atoms with Gasteiger partial charge in [-0.1, -0.05) is 30.3 Å². The summed E-state index contributed by atoms with van der Waals surface area (Å²) in [6, 6.07) is 17.4. The van der Waals surface area contributed by atoms with E-state index in [1.54, 1.807) is 0 Å². The van der Waals surface area contributed by atoms with Crippen LogP contribution in [0, 0.1) is 3.57 Å². The number of carbonyl (C=O) groups excluding carboxylic acids is 1. The Hall–Kier alpha value is -1.36. The van der Waals surface area contributed by atoms with Gasteiger partial charge in [0.25, 0.3) is 5.91 Å². The van der Waals surface area contributed by atoms with Crippen molar-refractivity contribution in [2.45, 2.75) is 6.54 Å². The van der Waals surface area contributed by atoms with Crippen LogP contribution in [0.1, 0.15) is 15.9 Å². The fraction of sp³-hybridized carbons (Fsp3) is 0.0714. The maximum atomic E-state index is 11.8. The Bertz CT molecular complexity index is 493. The first-order valence-electron chi connectivity index (χ1n) is 5.33. The van der Waals surface area contributed by atoms with Crippen LogP contribution in [-0.2, 0) is 6.54 Å². The van der Waals surface area contributed by atoms with Crippen molar-refractivity contribution in [3.05, 3.63) is 69.3 Å². The number of halogens is 1. The summed E-state index contributed by atoms with van der Waals surface area (Å²) < 4.78 is 1.13. The SMILES string of the molecule is O=C(NCc1ccccc1)c1ccc(I)cc1. The van der Waals surface area contributed by atoms with E-state index in [-0.39, 0.29) is 5.91 Å². The monoisotopic (exact) mass is 337 g/mol. The summed E-state index contributed by atoms with van der Waals surface area (Å²) in [4.78, 5) is 11.8. The van der Waals surface area contributed by atoms with E-state index in [1.807, 2.05) is 54.6 Å². The molecular formula is C14H12INO. The molecular weight excluding hydrogens is 325 g/mol. The van der Waals surface area contributed by atoms with Gasteiger partial charge in [-0.25, -0.2) is 0 Å². The number of hydrogen-bond donors (Lipinski definition) is 1. The summed E-state index contributed by atoms with van der Waals surface area (Å²) in [6.07, 6.45) is 0. The minimum Gasteiger partial charge on any atom is -0.348 e. The van der Waals surface area contributed by atoms with Crippen molar-refractivity contribution in [3.63, 3.8) is 0 Å². The zero-order valence-electron chi connectivity index (χ0n) is 9.19. The lowest BCUT2D eigenvalue weighted by Gasteiger charge is -2.05. The Morgan fingerprint density at radius 1 is 1.00 bits per heavy atom. The summed E-state index contributed by atoms with van der Waals surface area (Å²) in [5.74, 6) is -0.0368. The molecule has 0 radical (unpaired) electrons. The van der Waals surface area contributed by atoms with Crippen LogP contribution < -0.4 is 5.32 Å². The molecule has 2 nitrogen and oxygen atoms in total. The van der Waals surface area contributed by atoms with Gasteiger partial charge < -0.3 is 5.32 Å². The van der Waals surface area contributed by atoms with Crippen LogP contribution in [0.25, 0.3) is 0 Å². The first-order valence-corrected chi connectivity index (χ1v) is 6.41. The Balaban J connectivity index is 1.96. The molecule has 0 bridgehead atoms. The molecule has 0 aliphatic carbocycles. The fourth-order valence-electron chi connectivity index (χ4n) is 1.48. The van der Waals surface area contributed by atoms with Crippen LogP contribution in [0.2, 0.25) is 0 Å². The van der Waals surface area contributed by atoms with Gasteiger partial charge in [-0.2, -0.15) is 0 Å². The molecule has 0 saturated heterocycles. The van der Waals surface area contributed by atoms with E-state index in [0.29, 0.717) is 12.1 Å². The molecule has 17 heavy (non-hydrogen) atoms. The minimum absolute atomic E-state index is 0.0368. The van der Waals surface area contributed by atoms with E-state index in [4.69, 9.17) is 0 Å². The number of rotatable bonds is 3. The minimum atomic E-state index is -0.0368. The quantitative estimate of drug-likeness (QED) is 0.856. The lowest BCUT2D eigenvalue weighted by molar-refractivity contribution is 0.0951. The Kier molecular flexibility index (Phi) is 4.14. The van der Waals surface area contributed by atoms with Crippen molar-refractivity contribution >= 4 is 28.5 Å². The van der Waals surface area contributed by atoms with Crippen LogP contribution in [0.4, 0.5) is 0 Å². The topological polar surface area (TPSA) is 29.1 Å².